The average molecular weight is 283 g/mol. The summed E-state index contributed by atoms with van der Waals surface area (Å²) in [7, 11) is 0. The van der Waals surface area contributed by atoms with E-state index >= 15 is 0 Å². The first kappa shape index (κ1) is 20.5. The predicted octanol–water partition coefficient (Wildman–Crippen LogP) is -2.63. The van der Waals surface area contributed by atoms with Gasteiger partial charge in [0, 0.05) is 6.54 Å². The number of aliphatic hydroxyl groups excluding tert-OH is 5. The maximum Gasteiger partial charge on any atom is 0.320 e. The molecule has 8 nitrogen and oxygen atoms in total. The molecule has 1 unspecified atom stereocenters. The molecule has 0 aromatic carbocycles. The van der Waals surface area contributed by atoms with Crippen molar-refractivity contribution in [3.63, 3.8) is 0 Å². The number of aliphatic hydroxyl groups is 5. The molecule has 0 aliphatic rings. The van der Waals surface area contributed by atoms with E-state index in [1.807, 2.05) is 0 Å². The van der Waals surface area contributed by atoms with E-state index in [0.29, 0.717) is 0 Å². The summed E-state index contributed by atoms with van der Waals surface area (Å²) in [5, 5.41) is 52.9. The first-order valence-electron chi connectivity index (χ1n) is 5.94. The van der Waals surface area contributed by atoms with Gasteiger partial charge in [0.05, 0.1) is 25.9 Å². The number of hydrogen-bond acceptors (Lipinski definition) is 7. The summed E-state index contributed by atoms with van der Waals surface area (Å²) in [4.78, 5) is 10.6. The van der Waals surface area contributed by atoms with Gasteiger partial charge < -0.3 is 36.0 Å². The van der Waals surface area contributed by atoms with Crippen molar-refractivity contribution in [2.45, 2.75) is 32.1 Å². The summed E-state index contributed by atoms with van der Waals surface area (Å²) in [6.45, 7) is 2.55. The Hall–Kier alpha value is -0.770. The van der Waals surface area contributed by atoms with Crippen LogP contribution >= 0.6 is 0 Å². The Morgan fingerprint density at radius 1 is 1.00 bits per heavy atom. The van der Waals surface area contributed by atoms with Crippen LogP contribution in [-0.2, 0) is 4.79 Å². The van der Waals surface area contributed by atoms with Gasteiger partial charge in [0.2, 0.25) is 0 Å². The highest BCUT2D eigenvalue weighted by Crippen LogP contribution is 2.01. The summed E-state index contributed by atoms with van der Waals surface area (Å²) in [5.74, 6) is -0.997. The number of aliphatic carboxylic acids is 1. The highest BCUT2D eigenvalue weighted by atomic mass is 16.4. The Morgan fingerprint density at radius 2 is 1.42 bits per heavy atom. The normalized spacial score (nSPS) is 13.9. The summed E-state index contributed by atoms with van der Waals surface area (Å²) in [5.41, 5.74) is 0. The van der Waals surface area contributed by atoms with E-state index in [1.54, 1.807) is 13.8 Å². The predicted molar refractivity (Wildman–Crippen MR) is 67.5 cm³/mol. The molecule has 19 heavy (non-hydrogen) atoms. The third kappa shape index (κ3) is 12.0. The van der Waals surface area contributed by atoms with Gasteiger partial charge >= 0.3 is 5.97 Å². The quantitative estimate of drug-likeness (QED) is 0.256. The van der Waals surface area contributed by atoms with E-state index in [9.17, 15) is 4.79 Å². The Bertz CT molecular complexity index is 221. The zero-order valence-electron chi connectivity index (χ0n) is 11.2. The van der Waals surface area contributed by atoms with Crippen molar-refractivity contribution in [1.82, 2.24) is 5.32 Å². The first-order chi connectivity index (χ1) is 8.79. The second-order valence-electron chi connectivity index (χ2n) is 4.32. The largest absolute Gasteiger partial charge is 0.480 e. The Balaban J connectivity index is 0. The maximum atomic E-state index is 10.6. The molecule has 0 aliphatic carbocycles. The first-order valence-corrected chi connectivity index (χ1v) is 5.94. The van der Waals surface area contributed by atoms with E-state index in [1.165, 1.54) is 0 Å². The molecule has 0 amide bonds. The van der Waals surface area contributed by atoms with Crippen molar-refractivity contribution < 1.29 is 35.4 Å². The molecule has 0 rings (SSSR count). The van der Waals surface area contributed by atoms with Gasteiger partial charge in [-0.1, -0.05) is 13.8 Å². The summed E-state index contributed by atoms with van der Waals surface area (Å²) in [6, 6.07) is -0.679. The highest BCUT2D eigenvalue weighted by Gasteiger charge is 2.21. The minimum atomic E-state index is -0.954. The summed E-state index contributed by atoms with van der Waals surface area (Å²) >= 11 is 0. The zero-order valence-corrected chi connectivity index (χ0v) is 11.2. The van der Waals surface area contributed by atoms with Crippen molar-refractivity contribution in [1.29, 1.82) is 0 Å². The van der Waals surface area contributed by atoms with E-state index in [2.05, 4.69) is 5.32 Å². The van der Waals surface area contributed by atoms with Gasteiger partial charge in [-0.05, 0) is 5.92 Å². The number of rotatable bonds is 8. The van der Waals surface area contributed by atoms with E-state index in [0.717, 1.165) is 0 Å². The smallest absolute Gasteiger partial charge is 0.320 e. The molecule has 0 bridgehead atoms. The third-order valence-corrected chi connectivity index (χ3v) is 2.14. The zero-order chi connectivity index (χ0) is 15.4. The van der Waals surface area contributed by atoms with Crippen molar-refractivity contribution in [3.8, 4) is 0 Å². The lowest BCUT2D eigenvalue weighted by Gasteiger charge is -2.19. The van der Waals surface area contributed by atoms with E-state index in [4.69, 9.17) is 30.6 Å². The Kier molecular flexibility index (Phi) is 13.3. The monoisotopic (exact) mass is 283 g/mol. The molecule has 0 saturated carbocycles. The molecule has 0 aromatic heterocycles. The van der Waals surface area contributed by atoms with Crippen molar-refractivity contribution >= 4 is 5.97 Å². The van der Waals surface area contributed by atoms with Crippen LogP contribution in [0.2, 0.25) is 0 Å². The lowest BCUT2D eigenvalue weighted by molar-refractivity contribution is -0.140. The van der Waals surface area contributed by atoms with Gasteiger partial charge in [-0.2, -0.15) is 0 Å². The van der Waals surface area contributed by atoms with E-state index < -0.39 is 24.2 Å². The van der Waals surface area contributed by atoms with Gasteiger partial charge in [-0.25, -0.2) is 0 Å². The molecule has 8 heteroatoms. The Labute approximate surface area is 112 Å². The molecule has 2 atom stereocenters. The van der Waals surface area contributed by atoms with Crippen LogP contribution in [0.15, 0.2) is 0 Å². The van der Waals surface area contributed by atoms with Crippen molar-refractivity contribution in [2.75, 3.05) is 26.4 Å². The summed E-state index contributed by atoms with van der Waals surface area (Å²) < 4.78 is 0. The lowest BCUT2D eigenvalue weighted by Crippen LogP contribution is -2.44. The molecule has 0 aliphatic heterocycles. The number of hydrogen-bond donors (Lipinski definition) is 7. The molecule has 0 heterocycles. The highest BCUT2D eigenvalue weighted by molar-refractivity contribution is 5.73. The van der Waals surface area contributed by atoms with Crippen molar-refractivity contribution in [3.05, 3.63) is 0 Å². The number of carbonyl (C=O) groups is 1. The molecule has 0 radical (unpaired) electrons. The second-order valence-corrected chi connectivity index (χ2v) is 4.32. The fourth-order valence-electron chi connectivity index (χ4n) is 0.993. The fourth-order valence-corrected chi connectivity index (χ4v) is 0.993. The van der Waals surface area contributed by atoms with Gasteiger partial charge in [0.25, 0.3) is 0 Å². The molecular formula is C11H25NO7. The SMILES string of the molecule is CC(C)[C@H](NCC(O)CO)C(=O)O.OCC(O)CO. The minimum Gasteiger partial charge on any atom is -0.480 e. The maximum absolute atomic E-state index is 10.6. The Morgan fingerprint density at radius 3 is 1.63 bits per heavy atom. The van der Waals surface area contributed by atoms with Gasteiger partial charge in [0.1, 0.15) is 12.1 Å². The molecule has 116 valence electrons. The fraction of sp³-hybridized carbons (Fsp3) is 0.909. The minimum absolute atomic E-state index is 0.0524. The topological polar surface area (TPSA) is 150 Å². The molecular weight excluding hydrogens is 258 g/mol. The molecule has 0 spiro atoms. The van der Waals surface area contributed by atoms with E-state index in [-0.39, 0.29) is 32.3 Å². The van der Waals surface area contributed by atoms with Crippen LogP contribution in [0.25, 0.3) is 0 Å². The lowest BCUT2D eigenvalue weighted by atomic mass is 10.0. The molecule has 7 N–H and O–H groups in total. The van der Waals surface area contributed by atoms with Crippen LogP contribution < -0.4 is 5.32 Å². The molecule has 0 aromatic rings. The number of nitrogens with one attached hydrogen (secondary N) is 1. The van der Waals surface area contributed by atoms with Crippen LogP contribution in [0, 0.1) is 5.92 Å². The standard InChI is InChI=1S/C8H17NO4.C3H8O3/c1-5(2)7(8(12)13)9-3-6(11)4-10;4-1-3(6)2-5/h5-7,9-11H,3-4H2,1-2H3,(H,12,13);3-6H,1-2H2/t6?,7-;/m0./s1. The van der Waals surface area contributed by atoms with Gasteiger partial charge in [0.15, 0.2) is 0 Å². The van der Waals surface area contributed by atoms with Crippen LogP contribution in [0.4, 0.5) is 0 Å². The van der Waals surface area contributed by atoms with Crippen molar-refractivity contribution in [2.24, 2.45) is 5.92 Å². The van der Waals surface area contributed by atoms with Crippen LogP contribution in [0.3, 0.4) is 0 Å². The van der Waals surface area contributed by atoms with Crippen LogP contribution in [-0.4, -0.2) is 81.2 Å². The summed E-state index contributed by atoms with van der Waals surface area (Å²) in [6.07, 6.45) is -1.86. The third-order valence-electron chi connectivity index (χ3n) is 2.14. The average Bonchev–Trinajstić information content (AvgIpc) is 2.37. The second kappa shape index (κ2) is 12.3. The van der Waals surface area contributed by atoms with Gasteiger partial charge in [-0.15, -0.1) is 0 Å². The van der Waals surface area contributed by atoms with Gasteiger partial charge in [-0.3, -0.25) is 4.79 Å². The molecule has 0 fully saturated rings. The van der Waals surface area contributed by atoms with Crippen LogP contribution in [0.1, 0.15) is 13.8 Å². The molecule has 0 saturated heterocycles. The van der Waals surface area contributed by atoms with Crippen LogP contribution in [0.5, 0.6) is 0 Å². The number of carboxylic acid groups (broad SMARTS) is 1. The number of carboxylic acids is 1.